The standard InChI is InChI=1S/C19H27Cl2N3O3S/c1-23-9-6-17(7-10-23)22-19(25)14-3-2-8-24(12-14)28(26,27)13-15-4-5-16(20)11-18(15)21/h4-5,11,14,17H,2-3,6-10,12-13H2,1H3,(H,22,25). The van der Waals surface area contributed by atoms with Gasteiger partial charge in [0.1, 0.15) is 0 Å². The molecule has 1 aromatic carbocycles. The molecule has 0 saturated carbocycles. The van der Waals surface area contributed by atoms with E-state index in [1.165, 1.54) is 4.31 Å². The van der Waals surface area contributed by atoms with Gasteiger partial charge in [-0.1, -0.05) is 29.3 Å². The zero-order chi connectivity index (χ0) is 20.3. The van der Waals surface area contributed by atoms with E-state index in [0.29, 0.717) is 35.0 Å². The van der Waals surface area contributed by atoms with E-state index in [1.807, 2.05) is 0 Å². The molecular weight excluding hydrogens is 421 g/mol. The zero-order valence-corrected chi connectivity index (χ0v) is 18.4. The lowest BCUT2D eigenvalue weighted by molar-refractivity contribution is -0.127. The average Bonchev–Trinajstić information content (AvgIpc) is 2.66. The van der Waals surface area contributed by atoms with Crippen LogP contribution in [-0.4, -0.2) is 62.8 Å². The van der Waals surface area contributed by atoms with Crippen molar-refractivity contribution >= 4 is 39.1 Å². The number of carbonyl (C=O) groups excluding carboxylic acids is 1. The van der Waals surface area contributed by atoms with Crippen molar-refractivity contribution in [2.24, 2.45) is 5.92 Å². The number of halogens is 2. The van der Waals surface area contributed by atoms with E-state index in [1.54, 1.807) is 18.2 Å². The first-order valence-electron chi connectivity index (χ1n) is 9.65. The number of hydrogen-bond donors (Lipinski definition) is 1. The summed E-state index contributed by atoms with van der Waals surface area (Å²) in [5, 5.41) is 3.93. The average molecular weight is 448 g/mol. The van der Waals surface area contributed by atoms with E-state index in [2.05, 4.69) is 17.3 Å². The van der Waals surface area contributed by atoms with Crippen LogP contribution in [-0.2, 0) is 20.6 Å². The number of likely N-dealkylation sites (tertiary alicyclic amines) is 1. The number of nitrogens with zero attached hydrogens (tertiary/aromatic N) is 2. The van der Waals surface area contributed by atoms with Crippen molar-refractivity contribution in [1.82, 2.24) is 14.5 Å². The topological polar surface area (TPSA) is 69.7 Å². The molecule has 2 saturated heterocycles. The molecule has 0 radical (unpaired) electrons. The summed E-state index contributed by atoms with van der Waals surface area (Å²) >= 11 is 12.0. The molecule has 1 aromatic rings. The summed E-state index contributed by atoms with van der Waals surface area (Å²) in [4.78, 5) is 14.9. The van der Waals surface area contributed by atoms with Crippen molar-refractivity contribution in [2.45, 2.75) is 37.5 Å². The van der Waals surface area contributed by atoms with Crippen LogP contribution in [0.15, 0.2) is 18.2 Å². The lowest BCUT2D eigenvalue weighted by Gasteiger charge is -2.34. The second-order valence-electron chi connectivity index (χ2n) is 7.78. The lowest BCUT2D eigenvalue weighted by Crippen LogP contribution is -2.49. The summed E-state index contributed by atoms with van der Waals surface area (Å²) in [5.74, 6) is -0.519. The molecule has 0 bridgehead atoms. The van der Waals surface area contributed by atoms with Crippen molar-refractivity contribution in [3.63, 3.8) is 0 Å². The van der Waals surface area contributed by atoms with Gasteiger partial charge in [-0.15, -0.1) is 0 Å². The van der Waals surface area contributed by atoms with Gasteiger partial charge in [0.2, 0.25) is 15.9 Å². The van der Waals surface area contributed by atoms with Crippen molar-refractivity contribution in [1.29, 1.82) is 0 Å². The fraction of sp³-hybridized carbons (Fsp3) is 0.632. The van der Waals surface area contributed by atoms with Gasteiger partial charge in [-0.2, -0.15) is 0 Å². The van der Waals surface area contributed by atoms with Gasteiger partial charge in [0.25, 0.3) is 0 Å². The van der Waals surface area contributed by atoms with Gasteiger partial charge in [0.15, 0.2) is 0 Å². The molecule has 2 heterocycles. The molecule has 6 nitrogen and oxygen atoms in total. The summed E-state index contributed by atoms with van der Waals surface area (Å²) in [7, 11) is -1.48. The largest absolute Gasteiger partial charge is 0.353 e. The Morgan fingerprint density at radius 1 is 1.18 bits per heavy atom. The maximum Gasteiger partial charge on any atom is 0.224 e. The van der Waals surface area contributed by atoms with Gasteiger partial charge in [-0.25, -0.2) is 12.7 Å². The van der Waals surface area contributed by atoms with Crippen LogP contribution in [0.4, 0.5) is 0 Å². The van der Waals surface area contributed by atoms with Crippen LogP contribution < -0.4 is 5.32 Å². The van der Waals surface area contributed by atoms with Crippen LogP contribution in [0.2, 0.25) is 10.0 Å². The summed E-state index contributed by atoms with van der Waals surface area (Å²) in [6.45, 7) is 2.60. The molecule has 0 spiro atoms. The normalized spacial score (nSPS) is 22.9. The van der Waals surface area contributed by atoms with Crippen LogP contribution in [0.5, 0.6) is 0 Å². The Hall–Kier alpha value is -0.860. The Bertz CT molecular complexity index is 811. The zero-order valence-electron chi connectivity index (χ0n) is 16.0. The minimum absolute atomic E-state index is 0.0287. The van der Waals surface area contributed by atoms with E-state index in [-0.39, 0.29) is 30.2 Å². The smallest absolute Gasteiger partial charge is 0.224 e. The van der Waals surface area contributed by atoms with Crippen molar-refractivity contribution in [3.8, 4) is 0 Å². The number of hydrogen-bond acceptors (Lipinski definition) is 4. The third kappa shape index (κ3) is 5.60. The van der Waals surface area contributed by atoms with Gasteiger partial charge < -0.3 is 10.2 Å². The fourth-order valence-corrected chi connectivity index (χ4v) is 6.00. The summed E-state index contributed by atoms with van der Waals surface area (Å²) in [6, 6.07) is 4.99. The highest BCUT2D eigenvalue weighted by molar-refractivity contribution is 7.88. The molecule has 156 valence electrons. The summed E-state index contributed by atoms with van der Waals surface area (Å²) < 4.78 is 27.2. The summed E-state index contributed by atoms with van der Waals surface area (Å²) in [6.07, 6.45) is 3.27. The number of piperidine rings is 2. The van der Waals surface area contributed by atoms with Gasteiger partial charge in [-0.05, 0) is 63.5 Å². The molecule has 28 heavy (non-hydrogen) atoms. The molecule has 9 heteroatoms. The molecular formula is C19H27Cl2N3O3S. The lowest BCUT2D eigenvalue weighted by atomic mass is 9.97. The maximum absolute atomic E-state index is 12.9. The third-order valence-electron chi connectivity index (χ3n) is 5.57. The molecule has 1 amide bonds. The van der Waals surface area contributed by atoms with Gasteiger partial charge in [0, 0.05) is 29.2 Å². The molecule has 2 aliphatic heterocycles. The van der Waals surface area contributed by atoms with Crippen LogP contribution in [0.1, 0.15) is 31.2 Å². The van der Waals surface area contributed by atoms with E-state index >= 15 is 0 Å². The fourth-order valence-electron chi connectivity index (χ4n) is 3.81. The Kier molecular flexibility index (Phi) is 7.26. The van der Waals surface area contributed by atoms with Crippen molar-refractivity contribution in [3.05, 3.63) is 33.8 Å². The minimum atomic E-state index is -3.56. The Balaban J connectivity index is 1.60. The number of amides is 1. The number of rotatable bonds is 5. The highest BCUT2D eigenvalue weighted by Gasteiger charge is 2.33. The highest BCUT2D eigenvalue weighted by Crippen LogP contribution is 2.26. The van der Waals surface area contributed by atoms with E-state index in [0.717, 1.165) is 25.9 Å². The SMILES string of the molecule is CN1CCC(NC(=O)C2CCCN(S(=O)(=O)Cc3ccc(Cl)cc3Cl)C2)CC1. The molecule has 2 fully saturated rings. The maximum atomic E-state index is 12.9. The summed E-state index contributed by atoms with van der Waals surface area (Å²) in [5.41, 5.74) is 0.518. The first-order valence-corrected chi connectivity index (χ1v) is 12.0. The molecule has 1 atom stereocenters. The predicted molar refractivity (Wildman–Crippen MR) is 112 cm³/mol. The van der Waals surface area contributed by atoms with Crippen molar-refractivity contribution in [2.75, 3.05) is 33.2 Å². The second kappa shape index (κ2) is 9.30. The molecule has 1 unspecified atom stereocenters. The minimum Gasteiger partial charge on any atom is -0.353 e. The van der Waals surface area contributed by atoms with E-state index in [4.69, 9.17) is 23.2 Å². The monoisotopic (exact) mass is 447 g/mol. The predicted octanol–water partition coefficient (Wildman–Crippen LogP) is 2.75. The molecule has 0 aromatic heterocycles. The number of nitrogens with one attached hydrogen (secondary N) is 1. The first kappa shape index (κ1) is 21.8. The van der Waals surface area contributed by atoms with E-state index in [9.17, 15) is 13.2 Å². The number of carbonyl (C=O) groups is 1. The molecule has 3 rings (SSSR count). The second-order valence-corrected chi connectivity index (χ2v) is 10.6. The van der Waals surface area contributed by atoms with Crippen molar-refractivity contribution < 1.29 is 13.2 Å². The van der Waals surface area contributed by atoms with Gasteiger partial charge >= 0.3 is 0 Å². The molecule has 2 aliphatic rings. The number of sulfonamides is 1. The van der Waals surface area contributed by atoms with Gasteiger partial charge in [0.05, 0.1) is 11.7 Å². The van der Waals surface area contributed by atoms with Crippen LogP contribution >= 0.6 is 23.2 Å². The number of benzene rings is 1. The third-order valence-corrected chi connectivity index (χ3v) is 7.95. The Morgan fingerprint density at radius 3 is 2.57 bits per heavy atom. The molecule has 1 N–H and O–H groups in total. The van der Waals surface area contributed by atoms with Gasteiger partial charge in [-0.3, -0.25) is 4.79 Å². The van der Waals surface area contributed by atoms with Crippen LogP contribution in [0.3, 0.4) is 0 Å². The first-order chi connectivity index (χ1) is 13.2. The van der Waals surface area contributed by atoms with E-state index < -0.39 is 10.0 Å². The van der Waals surface area contributed by atoms with Crippen LogP contribution in [0.25, 0.3) is 0 Å². The quantitative estimate of drug-likeness (QED) is 0.752. The Morgan fingerprint density at radius 2 is 1.89 bits per heavy atom. The van der Waals surface area contributed by atoms with Crippen LogP contribution in [0, 0.1) is 5.92 Å². The highest BCUT2D eigenvalue weighted by atomic mass is 35.5. The Labute approximate surface area is 177 Å². The molecule has 0 aliphatic carbocycles.